The number of thiazole rings is 1. The van der Waals surface area contributed by atoms with E-state index in [4.69, 9.17) is 0 Å². The smallest absolute Gasteiger partial charge is 0.151 e. The minimum Gasteiger partial charge on any atom is -0.312 e. The van der Waals surface area contributed by atoms with Gasteiger partial charge >= 0.3 is 0 Å². The van der Waals surface area contributed by atoms with Gasteiger partial charge in [0.05, 0.1) is 16.5 Å². The molecule has 6 heteroatoms. The van der Waals surface area contributed by atoms with E-state index in [1.54, 1.807) is 11.3 Å². The van der Waals surface area contributed by atoms with Crippen LogP contribution in [0.5, 0.6) is 0 Å². The standard InChI is InChI=1S/C11H18N2O2S2/c1-9(11-12-4-5-16-11)7-13-10-3-2-6-17(14,15)8-10/h4-5,9-10,13H,2-3,6-8H2,1H3. The van der Waals surface area contributed by atoms with E-state index in [2.05, 4.69) is 17.2 Å². The summed E-state index contributed by atoms with van der Waals surface area (Å²) in [5, 5.41) is 6.43. The summed E-state index contributed by atoms with van der Waals surface area (Å²) >= 11 is 1.65. The lowest BCUT2D eigenvalue weighted by atomic mass is 10.1. The highest BCUT2D eigenvalue weighted by atomic mass is 32.2. The Kier molecular flexibility index (Phi) is 4.17. The molecule has 1 aromatic heterocycles. The van der Waals surface area contributed by atoms with Gasteiger partial charge in [0.2, 0.25) is 0 Å². The maximum absolute atomic E-state index is 11.5. The molecule has 2 atom stereocenters. The average Bonchev–Trinajstić information content (AvgIpc) is 2.78. The Balaban J connectivity index is 1.82. The van der Waals surface area contributed by atoms with Gasteiger partial charge in [0.1, 0.15) is 0 Å². The number of hydrogen-bond acceptors (Lipinski definition) is 5. The molecule has 2 rings (SSSR count). The maximum Gasteiger partial charge on any atom is 0.151 e. The van der Waals surface area contributed by atoms with Crippen LogP contribution in [0, 0.1) is 0 Å². The number of sulfone groups is 1. The highest BCUT2D eigenvalue weighted by Crippen LogP contribution is 2.18. The molecule has 1 fully saturated rings. The zero-order chi connectivity index (χ0) is 12.3. The minimum absolute atomic E-state index is 0.121. The largest absolute Gasteiger partial charge is 0.312 e. The Labute approximate surface area is 106 Å². The van der Waals surface area contributed by atoms with Crippen LogP contribution in [0.1, 0.15) is 30.7 Å². The van der Waals surface area contributed by atoms with Crippen LogP contribution in [-0.2, 0) is 9.84 Å². The molecule has 1 aliphatic heterocycles. The van der Waals surface area contributed by atoms with E-state index in [1.807, 2.05) is 11.6 Å². The van der Waals surface area contributed by atoms with Gasteiger partial charge in [-0.05, 0) is 12.8 Å². The molecule has 96 valence electrons. The molecular weight excluding hydrogens is 256 g/mol. The first-order valence-corrected chi connectivity index (χ1v) is 8.60. The van der Waals surface area contributed by atoms with Crippen molar-refractivity contribution in [3.63, 3.8) is 0 Å². The van der Waals surface area contributed by atoms with E-state index in [0.29, 0.717) is 11.7 Å². The molecule has 0 spiro atoms. The van der Waals surface area contributed by atoms with Crippen LogP contribution in [0.25, 0.3) is 0 Å². The Bertz CT molecular complexity index is 442. The zero-order valence-corrected chi connectivity index (χ0v) is 11.6. The third-order valence-electron chi connectivity index (χ3n) is 3.05. The van der Waals surface area contributed by atoms with Crippen molar-refractivity contribution in [3.05, 3.63) is 16.6 Å². The molecule has 1 aromatic rings. The molecule has 0 radical (unpaired) electrons. The molecule has 0 amide bonds. The van der Waals surface area contributed by atoms with Crippen molar-refractivity contribution in [3.8, 4) is 0 Å². The predicted molar refractivity (Wildman–Crippen MR) is 70.2 cm³/mol. The number of rotatable bonds is 4. The van der Waals surface area contributed by atoms with Gasteiger partial charge < -0.3 is 5.32 Å². The van der Waals surface area contributed by atoms with Gasteiger partial charge in [-0.25, -0.2) is 13.4 Å². The molecule has 0 aromatic carbocycles. The summed E-state index contributed by atoms with van der Waals surface area (Å²) < 4.78 is 23.0. The summed E-state index contributed by atoms with van der Waals surface area (Å²) in [5.74, 6) is 0.991. The van der Waals surface area contributed by atoms with Crippen LogP contribution >= 0.6 is 11.3 Å². The van der Waals surface area contributed by atoms with Gasteiger partial charge in [-0.15, -0.1) is 11.3 Å². The van der Waals surface area contributed by atoms with Crippen LogP contribution in [0.4, 0.5) is 0 Å². The third-order valence-corrected chi connectivity index (χ3v) is 5.88. The Hall–Kier alpha value is -0.460. The average molecular weight is 274 g/mol. The van der Waals surface area contributed by atoms with Crippen molar-refractivity contribution in [1.29, 1.82) is 0 Å². The van der Waals surface area contributed by atoms with Crippen molar-refractivity contribution in [2.75, 3.05) is 18.1 Å². The first-order valence-electron chi connectivity index (χ1n) is 5.90. The zero-order valence-electron chi connectivity index (χ0n) is 9.93. The lowest BCUT2D eigenvalue weighted by molar-refractivity contribution is 0.466. The number of nitrogens with one attached hydrogen (secondary N) is 1. The van der Waals surface area contributed by atoms with Crippen molar-refractivity contribution >= 4 is 21.2 Å². The second-order valence-corrected chi connectivity index (χ2v) is 7.79. The lowest BCUT2D eigenvalue weighted by Crippen LogP contribution is -2.41. The second-order valence-electron chi connectivity index (χ2n) is 4.63. The van der Waals surface area contributed by atoms with Gasteiger partial charge in [-0.3, -0.25) is 0 Å². The van der Waals surface area contributed by atoms with Crippen LogP contribution < -0.4 is 5.32 Å². The fraction of sp³-hybridized carbons (Fsp3) is 0.727. The van der Waals surface area contributed by atoms with Crippen LogP contribution in [0.3, 0.4) is 0 Å². The monoisotopic (exact) mass is 274 g/mol. The molecule has 17 heavy (non-hydrogen) atoms. The fourth-order valence-corrected chi connectivity index (χ4v) is 4.46. The second kappa shape index (κ2) is 5.46. The number of nitrogens with zero attached hydrogens (tertiary/aromatic N) is 1. The normalized spacial score (nSPS) is 25.6. The summed E-state index contributed by atoms with van der Waals surface area (Å²) in [6.07, 6.45) is 3.55. The van der Waals surface area contributed by atoms with E-state index in [0.717, 1.165) is 24.4 Å². The SMILES string of the molecule is CC(CNC1CCCS(=O)(=O)C1)c1nccs1. The summed E-state index contributed by atoms with van der Waals surface area (Å²) in [5.41, 5.74) is 0. The Morgan fingerprint density at radius 1 is 1.65 bits per heavy atom. The molecular formula is C11H18N2O2S2. The van der Waals surface area contributed by atoms with Gasteiger partial charge in [-0.1, -0.05) is 6.92 Å². The molecule has 0 aliphatic carbocycles. The molecule has 1 aliphatic rings. The quantitative estimate of drug-likeness (QED) is 0.902. The first kappa shape index (κ1) is 13.0. The number of hydrogen-bond donors (Lipinski definition) is 1. The fourth-order valence-electron chi connectivity index (χ4n) is 2.09. The molecule has 1 N–H and O–H groups in total. The lowest BCUT2D eigenvalue weighted by Gasteiger charge is -2.24. The molecule has 4 nitrogen and oxygen atoms in total. The van der Waals surface area contributed by atoms with E-state index in [1.165, 1.54) is 0 Å². The van der Waals surface area contributed by atoms with Crippen LogP contribution in [0.15, 0.2) is 11.6 Å². The summed E-state index contributed by atoms with van der Waals surface area (Å²) in [4.78, 5) is 4.27. The van der Waals surface area contributed by atoms with E-state index < -0.39 is 9.84 Å². The van der Waals surface area contributed by atoms with Crippen LogP contribution in [0.2, 0.25) is 0 Å². The summed E-state index contributed by atoms with van der Waals surface area (Å²) in [6.45, 7) is 2.91. The van der Waals surface area contributed by atoms with Gasteiger partial charge in [0.15, 0.2) is 9.84 Å². The molecule has 2 unspecified atom stereocenters. The van der Waals surface area contributed by atoms with Gasteiger partial charge in [-0.2, -0.15) is 0 Å². The topological polar surface area (TPSA) is 59.1 Å². The Morgan fingerprint density at radius 3 is 3.12 bits per heavy atom. The van der Waals surface area contributed by atoms with E-state index in [9.17, 15) is 8.42 Å². The summed E-state index contributed by atoms with van der Waals surface area (Å²) in [6, 6.07) is 0.121. The first-order chi connectivity index (χ1) is 8.07. The highest BCUT2D eigenvalue weighted by Gasteiger charge is 2.24. The van der Waals surface area contributed by atoms with Crippen LogP contribution in [-0.4, -0.2) is 37.5 Å². The van der Waals surface area contributed by atoms with E-state index >= 15 is 0 Å². The number of aromatic nitrogens is 1. The molecule has 2 heterocycles. The minimum atomic E-state index is -2.81. The molecule has 1 saturated heterocycles. The van der Waals surface area contributed by atoms with Crippen molar-refractivity contribution < 1.29 is 8.42 Å². The summed E-state index contributed by atoms with van der Waals surface area (Å²) in [7, 11) is -2.81. The highest BCUT2D eigenvalue weighted by molar-refractivity contribution is 7.91. The van der Waals surface area contributed by atoms with Crippen molar-refractivity contribution in [2.24, 2.45) is 0 Å². The molecule has 0 saturated carbocycles. The molecule has 0 bridgehead atoms. The van der Waals surface area contributed by atoms with E-state index in [-0.39, 0.29) is 11.8 Å². The van der Waals surface area contributed by atoms with Crippen molar-refractivity contribution in [1.82, 2.24) is 10.3 Å². The van der Waals surface area contributed by atoms with Crippen molar-refractivity contribution in [2.45, 2.75) is 31.7 Å². The van der Waals surface area contributed by atoms with Gasteiger partial charge in [0, 0.05) is 30.1 Å². The Morgan fingerprint density at radius 2 is 2.47 bits per heavy atom. The predicted octanol–water partition coefficient (Wildman–Crippen LogP) is 1.41. The third kappa shape index (κ3) is 3.76. The maximum atomic E-state index is 11.5. The van der Waals surface area contributed by atoms with Gasteiger partial charge in [0.25, 0.3) is 0 Å².